The fourth-order valence-corrected chi connectivity index (χ4v) is 3.65. The van der Waals surface area contributed by atoms with Gasteiger partial charge in [0.15, 0.2) is 12.4 Å². The molecule has 4 rings (SSSR count). The average molecular weight is 426 g/mol. The zero-order valence-corrected chi connectivity index (χ0v) is 17.4. The molecule has 1 fully saturated rings. The van der Waals surface area contributed by atoms with Gasteiger partial charge in [-0.1, -0.05) is 22.4 Å². The molecule has 1 aliphatic heterocycles. The van der Waals surface area contributed by atoms with Gasteiger partial charge in [-0.05, 0) is 43.5 Å². The summed E-state index contributed by atoms with van der Waals surface area (Å²) in [6.07, 6.45) is 1.70. The Kier molecular flexibility index (Phi) is 6.06. The number of rotatable bonds is 7. The Morgan fingerprint density at radius 2 is 2.03 bits per heavy atom. The van der Waals surface area contributed by atoms with Gasteiger partial charge in [-0.25, -0.2) is 9.02 Å². The number of ether oxygens (including phenoxy) is 1. The quantitative estimate of drug-likeness (QED) is 0.569. The van der Waals surface area contributed by atoms with E-state index in [1.807, 2.05) is 18.9 Å². The molecule has 1 aromatic carbocycles. The number of hydrogen-bond acceptors (Lipinski definition) is 8. The van der Waals surface area contributed by atoms with Crippen molar-refractivity contribution in [3.05, 3.63) is 59.2 Å². The van der Waals surface area contributed by atoms with Crippen molar-refractivity contribution >= 4 is 11.7 Å². The van der Waals surface area contributed by atoms with Crippen molar-refractivity contribution in [3.63, 3.8) is 0 Å². The topological polar surface area (TPSA) is 97.5 Å². The predicted molar refractivity (Wildman–Crippen MR) is 109 cm³/mol. The molecule has 3 heterocycles. The van der Waals surface area contributed by atoms with Crippen molar-refractivity contribution in [1.29, 1.82) is 0 Å². The molecule has 9 nitrogen and oxygen atoms in total. The lowest BCUT2D eigenvalue weighted by Gasteiger charge is -2.23. The van der Waals surface area contributed by atoms with Gasteiger partial charge in [-0.2, -0.15) is 0 Å². The summed E-state index contributed by atoms with van der Waals surface area (Å²) >= 11 is 0. The lowest BCUT2D eigenvalue weighted by molar-refractivity contribution is -0.134. The lowest BCUT2D eigenvalue weighted by Crippen LogP contribution is -2.35. The average Bonchev–Trinajstić information content (AvgIpc) is 3.42. The number of amides is 1. The summed E-state index contributed by atoms with van der Waals surface area (Å²) in [5.74, 6) is 0.485. The van der Waals surface area contributed by atoms with E-state index in [1.54, 1.807) is 29.2 Å². The zero-order chi connectivity index (χ0) is 21.8. The second-order valence-electron chi connectivity index (χ2n) is 7.48. The number of benzene rings is 1. The first kappa shape index (κ1) is 20.7. The Labute approximate surface area is 178 Å². The van der Waals surface area contributed by atoms with E-state index in [0.717, 1.165) is 18.4 Å². The fourth-order valence-electron chi connectivity index (χ4n) is 3.65. The smallest absolute Gasteiger partial charge is 0.261 e. The molecule has 1 atom stereocenters. The number of anilines is 1. The van der Waals surface area contributed by atoms with Crippen molar-refractivity contribution in [2.24, 2.45) is 0 Å². The summed E-state index contributed by atoms with van der Waals surface area (Å²) in [6.45, 7) is 2.87. The van der Waals surface area contributed by atoms with Crippen LogP contribution in [0.5, 0.6) is 5.88 Å². The number of carbonyl (C=O) groups is 1. The molecule has 0 bridgehead atoms. The van der Waals surface area contributed by atoms with E-state index < -0.39 is 0 Å². The van der Waals surface area contributed by atoms with Gasteiger partial charge in [0.2, 0.25) is 5.88 Å². The number of nitrogens with zero attached hydrogens (tertiary/aromatic N) is 6. The maximum absolute atomic E-state index is 13.0. The Bertz CT molecular complexity index is 1020. The first-order chi connectivity index (χ1) is 15.0. The number of likely N-dealkylation sites (tertiary alicyclic amines) is 1. The van der Waals surface area contributed by atoms with Crippen LogP contribution in [0.2, 0.25) is 0 Å². The van der Waals surface area contributed by atoms with Crippen LogP contribution in [0.3, 0.4) is 0 Å². The number of hydrogen-bond donors (Lipinski definition) is 0. The van der Waals surface area contributed by atoms with E-state index >= 15 is 0 Å². The van der Waals surface area contributed by atoms with Crippen LogP contribution in [0.15, 0.2) is 41.0 Å². The third-order valence-electron chi connectivity index (χ3n) is 5.27. The minimum Gasteiger partial charge on any atom is -0.466 e. The van der Waals surface area contributed by atoms with Crippen LogP contribution < -0.4 is 9.64 Å². The van der Waals surface area contributed by atoms with Crippen molar-refractivity contribution in [1.82, 2.24) is 25.4 Å². The van der Waals surface area contributed by atoms with Gasteiger partial charge < -0.3 is 14.5 Å². The summed E-state index contributed by atoms with van der Waals surface area (Å²) in [6, 6.07) is 9.59. The molecule has 1 amide bonds. The Hall–Kier alpha value is -3.56. The summed E-state index contributed by atoms with van der Waals surface area (Å²) in [4.78, 5) is 16.3. The number of aromatic nitrogens is 4. The van der Waals surface area contributed by atoms with Gasteiger partial charge in [0.1, 0.15) is 17.2 Å². The normalized spacial score (nSPS) is 15.8. The molecule has 10 heteroatoms. The summed E-state index contributed by atoms with van der Waals surface area (Å²) < 4.78 is 23.4. The van der Waals surface area contributed by atoms with Gasteiger partial charge in [0, 0.05) is 26.2 Å². The third-order valence-corrected chi connectivity index (χ3v) is 5.27. The van der Waals surface area contributed by atoms with Gasteiger partial charge in [-0.3, -0.25) is 4.79 Å². The molecule has 31 heavy (non-hydrogen) atoms. The first-order valence-corrected chi connectivity index (χ1v) is 10.0. The second kappa shape index (κ2) is 9.07. The zero-order valence-electron chi connectivity index (χ0n) is 17.4. The maximum Gasteiger partial charge on any atom is 0.261 e. The number of carbonyl (C=O) groups excluding carboxylic acids is 1. The molecule has 0 unspecified atom stereocenters. The van der Waals surface area contributed by atoms with Crippen LogP contribution >= 0.6 is 0 Å². The van der Waals surface area contributed by atoms with Crippen LogP contribution in [0.4, 0.5) is 10.2 Å². The fraction of sp³-hybridized carbons (Fsp3) is 0.381. The van der Waals surface area contributed by atoms with Gasteiger partial charge in [-0.15, -0.1) is 10.2 Å². The highest BCUT2D eigenvalue weighted by Gasteiger charge is 2.33. The van der Waals surface area contributed by atoms with Crippen molar-refractivity contribution in [2.45, 2.75) is 32.4 Å². The SMILES string of the molecule is Cc1nonc1[C@H]1CCCN1C(=O)COc1ccc(N(C)Cc2ccc(F)cc2)nn1. The molecule has 1 saturated heterocycles. The van der Waals surface area contributed by atoms with E-state index in [4.69, 9.17) is 9.37 Å². The first-order valence-electron chi connectivity index (χ1n) is 10.0. The van der Waals surface area contributed by atoms with Crippen LogP contribution in [0.25, 0.3) is 0 Å². The Balaban J connectivity index is 1.32. The van der Waals surface area contributed by atoms with E-state index in [-0.39, 0.29) is 30.3 Å². The number of halogens is 1. The van der Waals surface area contributed by atoms with Crippen molar-refractivity contribution < 1.29 is 18.6 Å². The molecule has 3 aromatic rings. The molecule has 0 radical (unpaired) electrons. The van der Waals surface area contributed by atoms with E-state index in [9.17, 15) is 9.18 Å². The molecule has 162 valence electrons. The predicted octanol–water partition coefficient (Wildman–Crippen LogP) is 2.69. The van der Waals surface area contributed by atoms with Crippen molar-refractivity contribution in [3.8, 4) is 5.88 Å². The van der Waals surface area contributed by atoms with Crippen LogP contribution in [0.1, 0.15) is 35.8 Å². The molecule has 0 saturated carbocycles. The molecule has 1 aliphatic rings. The van der Waals surface area contributed by atoms with Crippen LogP contribution in [-0.2, 0) is 11.3 Å². The Morgan fingerprint density at radius 3 is 2.71 bits per heavy atom. The minimum absolute atomic E-state index is 0.139. The van der Waals surface area contributed by atoms with Crippen LogP contribution in [0, 0.1) is 12.7 Å². The largest absolute Gasteiger partial charge is 0.466 e. The molecule has 0 N–H and O–H groups in total. The highest BCUT2D eigenvalue weighted by molar-refractivity contribution is 5.78. The van der Waals surface area contributed by atoms with Gasteiger partial charge in [0.05, 0.1) is 6.04 Å². The Morgan fingerprint density at radius 1 is 1.23 bits per heavy atom. The van der Waals surface area contributed by atoms with Crippen molar-refractivity contribution in [2.75, 3.05) is 25.1 Å². The molecule has 2 aromatic heterocycles. The summed E-state index contributed by atoms with van der Waals surface area (Å²) in [5.41, 5.74) is 2.34. The third kappa shape index (κ3) is 4.79. The van der Waals surface area contributed by atoms with Gasteiger partial charge in [0.25, 0.3) is 5.91 Å². The molecule has 0 spiro atoms. The lowest BCUT2D eigenvalue weighted by atomic mass is 10.1. The molecular weight excluding hydrogens is 403 g/mol. The van der Waals surface area contributed by atoms with Crippen LogP contribution in [-0.4, -0.2) is 51.5 Å². The van der Waals surface area contributed by atoms with E-state index in [0.29, 0.717) is 30.3 Å². The maximum atomic E-state index is 13.0. The second-order valence-corrected chi connectivity index (χ2v) is 7.48. The molecule has 0 aliphatic carbocycles. The number of aryl methyl sites for hydroxylation is 1. The standard InChI is InChI=1S/C21H23FN6O3/c1-14-21(26-31-25-14)17-4-3-11-28(17)20(29)13-30-19-10-9-18(23-24-19)27(2)12-15-5-7-16(22)8-6-15/h5-10,17H,3-4,11-13H2,1-2H3/t17-/m1/s1. The molecular formula is C21H23FN6O3. The monoisotopic (exact) mass is 426 g/mol. The minimum atomic E-state index is -0.268. The van der Waals surface area contributed by atoms with E-state index in [1.165, 1.54) is 12.1 Å². The summed E-state index contributed by atoms with van der Waals surface area (Å²) in [5, 5.41) is 16.0. The highest BCUT2D eigenvalue weighted by Crippen LogP contribution is 2.32. The summed E-state index contributed by atoms with van der Waals surface area (Å²) in [7, 11) is 1.87. The van der Waals surface area contributed by atoms with E-state index in [2.05, 4.69) is 20.5 Å². The van der Waals surface area contributed by atoms with Gasteiger partial charge >= 0.3 is 0 Å². The highest BCUT2D eigenvalue weighted by atomic mass is 19.1.